The van der Waals surface area contributed by atoms with Crippen LogP contribution in [0.1, 0.15) is 4.88 Å². The lowest BCUT2D eigenvalue weighted by Gasteiger charge is -2.00. The van der Waals surface area contributed by atoms with E-state index in [4.69, 9.17) is 5.26 Å². The van der Waals surface area contributed by atoms with Gasteiger partial charge in [-0.25, -0.2) is 0 Å². The molecule has 1 N–H and O–H groups in total. The molecule has 1 aromatic heterocycles. The first-order valence-corrected chi connectivity index (χ1v) is 5.41. The number of halogens is 1. The summed E-state index contributed by atoms with van der Waals surface area (Å²) in [6, 6.07) is 3.33. The van der Waals surface area contributed by atoms with E-state index >= 15 is 0 Å². The fourth-order valence-corrected chi connectivity index (χ4v) is 1.78. The summed E-state index contributed by atoms with van der Waals surface area (Å²) in [4.78, 5) is 10.4. The van der Waals surface area contributed by atoms with Gasteiger partial charge in [-0.1, -0.05) is 22.5 Å². The summed E-state index contributed by atoms with van der Waals surface area (Å²) < 4.78 is 0.682. The first kappa shape index (κ1) is 11.7. The third-order valence-corrected chi connectivity index (χ3v) is 2.73. The standard InChI is InChI=1S/C8H6BrN3O2S/c1-5(9)4-11-7-2-6(3-10)15-8(7)12(13)14/h2,11H,1,4H2. The zero-order valence-corrected chi connectivity index (χ0v) is 9.89. The van der Waals surface area contributed by atoms with Crippen LogP contribution in [0.5, 0.6) is 0 Å². The maximum Gasteiger partial charge on any atom is 0.348 e. The molecule has 0 aliphatic heterocycles. The van der Waals surface area contributed by atoms with Crippen LogP contribution in [0, 0.1) is 21.4 Å². The Labute approximate surface area is 98.3 Å². The van der Waals surface area contributed by atoms with Gasteiger partial charge in [0.25, 0.3) is 0 Å². The van der Waals surface area contributed by atoms with Gasteiger partial charge in [0.05, 0.1) is 4.92 Å². The molecule has 7 heteroatoms. The Balaban J connectivity index is 2.95. The fraction of sp³-hybridized carbons (Fsp3) is 0.125. The van der Waals surface area contributed by atoms with Crippen LogP contribution in [-0.2, 0) is 0 Å². The molecule has 0 aromatic carbocycles. The molecule has 15 heavy (non-hydrogen) atoms. The van der Waals surface area contributed by atoms with Crippen molar-refractivity contribution in [1.82, 2.24) is 0 Å². The van der Waals surface area contributed by atoms with Gasteiger partial charge < -0.3 is 5.32 Å². The lowest BCUT2D eigenvalue weighted by Crippen LogP contribution is -2.01. The van der Waals surface area contributed by atoms with Gasteiger partial charge in [-0.2, -0.15) is 5.26 Å². The Hall–Kier alpha value is -1.39. The Morgan fingerprint density at radius 1 is 1.87 bits per heavy atom. The highest BCUT2D eigenvalue weighted by atomic mass is 79.9. The van der Waals surface area contributed by atoms with Gasteiger partial charge in [-0.3, -0.25) is 10.1 Å². The summed E-state index contributed by atoms with van der Waals surface area (Å²) in [5.41, 5.74) is 0.349. The molecule has 1 heterocycles. The summed E-state index contributed by atoms with van der Waals surface area (Å²) in [5, 5.41) is 22.0. The second kappa shape index (κ2) is 4.91. The number of hydrogen-bond acceptors (Lipinski definition) is 5. The van der Waals surface area contributed by atoms with Crippen LogP contribution in [0.2, 0.25) is 0 Å². The number of thiophene rings is 1. The number of rotatable bonds is 4. The molecule has 0 aliphatic carbocycles. The minimum absolute atomic E-state index is 0.0553. The second-order valence-electron chi connectivity index (χ2n) is 2.57. The van der Waals surface area contributed by atoms with Gasteiger partial charge in [0.15, 0.2) is 0 Å². The number of nitriles is 1. The van der Waals surface area contributed by atoms with E-state index in [0.717, 1.165) is 11.3 Å². The van der Waals surface area contributed by atoms with E-state index in [1.807, 2.05) is 6.07 Å². The molecular weight excluding hydrogens is 282 g/mol. The first-order chi connectivity index (χ1) is 7.04. The topological polar surface area (TPSA) is 79.0 Å². The summed E-state index contributed by atoms with van der Waals surface area (Å²) in [6.45, 7) is 3.97. The van der Waals surface area contributed by atoms with Crippen molar-refractivity contribution >= 4 is 38.0 Å². The normalized spacial score (nSPS) is 9.33. The molecule has 0 atom stereocenters. The third kappa shape index (κ3) is 3.04. The lowest BCUT2D eigenvalue weighted by molar-refractivity contribution is -0.379. The van der Waals surface area contributed by atoms with Gasteiger partial charge in [0.2, 0.25) is 0 Å². The lowest BCUT2D eigenvalue weighted by atomic mass is 10.4. The number of nitro groups is 1. The van der Waals surface area contributed by atoms with Crippen molar-refractivity contribution < 1.29 is 4.92 Å². The molecule has 0 radical (unpaired) electrons. The van der Waals surface area contributed by atoms with Crippen LogP contribution < -0.4 is 5.32 Å². The third-order valence-electron chi connectivity index (χ3n) is 1.46. The van der Waals surface area contributed by atoms with Crippen LogP contribution in [-0.4, -0.2) is 11.5 Å². The van der Waals surface area contributed by atoms with Crippen molar-refractivity contribution in [3.05, 3.63) is 32.1 Å². The first-order valence-electron chi connectivity index (χ1n) is 3.80. The Morgan fingerprint density at radius 2 is 2.53 bits per heavy atom. The molecule has 0 amide bonds. The highest BCUT2D eigenvalue weighted by molar-refractivity contribution is 9.11. The number of nitrogens with one attached hydrogen (secondary N) is 1. The zero-order chi connectivity index (χ0) is 11.4. The monoisotopic (exact) mass is 287 g/mol. The summed E-state index contributed by atoms with van der Waals surface area (Å²) in [5.74, 6) is 0. The molecule has 0 saturated carbocycles. The second-order valence-corrected chi connectivity index (χ2v) is 4.72. The highest BCUT2D eigenvalue weighted by Crippen LogP contribution is 2.34. The van der Waals surface area contributed by atoms with Crippen LogP contribution in [0.3, 0.4) is 0 Å². The maximum absolute atomic E-state index is 10.6. The van der Waals surface area contributed by atoms with Crippen molar-refractivity contribution in [2.24, 2.45) is 0 Å². The number of nitrogens with zero attached hydrogens (tertiary/aromatic N) is 2. The van der Waals surface area contributed by atoms with Crippen molar-refractivity contribution in [3.8, 4) is 6.07 Å². The Kier molecular flexibility index (Phi) is 3.82. The predicted molar refractivity (Wildman–Crippen MR) is 62.2 cm³/mol. The number of hydrogen-bond donors (Lipinski definition) is 1. The molecule has 78 valence electrons. The van der Waals surface area contributed by atoms with E-state index in [9.17, 15) is 10.1 Å². The fourth-order valence-electron chi connectivity index (χ4n) is 0.890. The summed E-state index contributed by atoms with van der Waals surface area (Å²) >= 11 is 3.98. The average molecular weight is 288 g/mol. The molecule has 0 spiro atoms. The maximum atomic E-state index is 10.6. The quantitative estimate of drug-likeness (QED) is 0.682. The van der Waals surface area contributed by atoms with E-state index in [2.05, 4.69) is 27.8 Å². The van der Waals surface area contributed by atoms with Gasteiger partial charge >= 0.3 is 5.00 Å². The molecule has 0 aliphatic rings. The van der Waals surface area contributed by atoms with Gasteiger partial charge in [0.1, 0.15) is 16.6 Å². The average Bonchev–Trinajstić information content (AvgIpc) is 2.57. The smallest absolute Gasteiger partial charge is 0.348 e. The van der Waals surface area contributed by atoms with E-state index in [0.29, 0.717) is 21.6 Å². The molecule has 0 unspecified atom stereocenters. The minimum atomic E-state index is -0.509. The molecule has 1 rings (SSSR count). The molecule has 0 bridgehead atoms. The van der Waals surface area contributed by atoms with Crippen LogP contribution in [0.4, 0.5) is 10.7 Å². The largest absolute Gasteiger partial charge is 0.374 e. The van der Waals surface area contributed by atoms with Crippen LogP contribution in [0.15, 0.2) is 17.1 Å². The molecule has 0 fully saturated rings. The molecular formula is C8H6BrN3O2S. The highest BCUT2D eigenvalue weighted by Gasteiger charge is 2.18. The van der Waals surface area contributed by atoms with Crippen molar-refractivity contribution in [1.29, 1.82) is 5.26 Å². The summed E-state index contributed by atoms with van der Waals surface area (Å²) in [6.07, 6.45) is 0. The molecule has 1 aromatic rings. The van der Waals surface area contributed by atoms with Gasteiger partial charge in [-0.15, -0.1) is 0 Å². The van der Waals surface area contributed by atoms with Crippen molar-refractivity contribution in [2.75, 3.05) is 11.9 Å². The van der Waals surface area contributed by atoms with E-state index in [1.165, 1.54) is 6.07 Å². The van der Waals surface area contributed by atoms with E-state index in [1.54, 1.807) is 0 Å². The number of anilines is 1. The zero-order valence-electron chi connectivity index (χ0n) is 7.49. The van der Waals surface area contributed by atoms with Gasteiger partial charge in [-0.05, 0) is 17.4 Å². The molecule has 0 saturated heterocycles. The van der Waals surface area contributed by atoms with Crippen molar-refractivity contribution in [2.45, 2.75) is 0 Å². The SMILES string of the molecule is C=C(Br)CNc1cc(C#N)sc1[N+](=O)[O-]. The van der Waals surface area contributed by atoms with Gasteiger partial charge in [0, 0.05) is 11.0 Å². The molecule has 5 nitrogen and oxygen atoms in total. The Bertz CT molecular complexity index is 449. The summed E-state index contributed by atoms with van der Waals surface area (Å²) in [7, 11) is 0. The predicted octanol–water partition coefficient (Wildman–Crippen LogP) is 2.85. The minimum Gasteiger partial charge on any atom is -0.374 e. The van der Waals surface area contributed by atoms with E-state index in [-0.39, 0.29) is 5.00 Å². The Morgan fingerprint density at radius 3 is 3.00 bits per heavy atom. The van der Waals surface area contributed by atoms with Crippen LogP contribution in [0.25, 0.3) is 0 Å². The van der Waals surface area contributed by atoms with E-state index < -0.39 is 4.92 Å². The van der Waals surface area contributed by atoms with Crippen molar-refractivity contribution in [3.63, 3.8) is 0 Å². The van der Waals surface area contributed by atoms with Crippen LogP contribution >= 0.6 is 27.3 Å².